The van der Waals surface area contributed by atoms with Crippen molar-refractivity contribution in [2.45, 2.75) is 18.9 Å². The van der Waals surface area contributed by atoms with Crippen LogP contribution in [-0.4, -0.2) is 37.0 Å². The molecule has 0 heterocycles. The van der Waals surface area contributed by atoms with Crippen LogP contribution in [0.5, 0.6) is 17.2 Å². The first-order valence-electron chi connectivity index (χ1n) is 7.98. The third-order valence-electron chi connectivity index (χ3n) is 3.86. The Balaban J connectivity index is 2.06. The van der Waals surface area contributed by atoms with Gasteiger partial charge in [0.1, 0.15) is 5.75 Å². The van der Waals surface area contributed by atoms with E-state index in [0.29, 0.717) is 22.6 Å². The molecule has 0 fully saturated rings. The molecule has 2 aromatic carbocycles. The zero-order valence-electron chi connectivity index (χ0n) is 14.6. The summed E-state index contributed by atoms with van der Waals surface area (Å²) >= 11 is 0. The van der Waals surface area contributed by atoms with Crippen LogP contribution in [0.25, 0.3) is 0 Å². The average molecular weight is 364 g/mol. The van der Waals surface area contributed by atoms with Crippen molar-refractivity contribution in [2.24, 2.45) is 0 Å². The van der Waals surface area contributed by atoms with Gasteiger partial charge in [-0.05, 0) is 42.2 Å². The maximum absolute atomic E-state index is 14.5. The van der Waals surface area contributed by atoms with Crippen molar-refractivity contribution < 1.29 is 33.6 Å². The largest absolute Gasteiger partial charge is 0.493 e. The number of rotatable bonds is 9. The van der Waals surface area contributed by atoms with Crippen molar-refractivity contribution in [2.75, 3.05) is 20.8 Å². The van der Waals surface area contributed by atoms with Gasteiger partial charge in [-0.15, -0.1) is 0 Å². The highest BCUT2D eigenvalue weighted by molar-refractivity contribution is 5.68. The van der Waals surface area contributed by atoms with Crippen molar-refractivity contribution in [1.82, 2.24) is 0 Å². The molecule has 26 heavy (non-hydrogen) atoms. The second-order valence-electron chi connectivity index (χ2n) is 5.58. The molecule has 2 N–H and O–H groups in total. The van der Waals surface area contributed by atoms with E-state index in [0.717, 1.165) is 0 Å². The van der Waals surface area contributed by atoms with Gasteiger partial charge in [0, 0.05) is 0 Å². The molecule has 1 atom stereocenters. The molecule has 0 spiro atoms. The molecule has 140 valence electrons. The number of carboxylic acid groups (broad SMARTS) is 1. The van der Waals surface area contributed by atoms with Crippen LogP contribution in [0.3, 0.4) is 0 Å². The van der Waals surface area contributed by atoms with E-state index in [9.17, 15) is 14.3 Å². The number of halogens is 1. The van der Waals surface area contributed by atoms with E-state index in [4.69, 9.17) is 19.3 Å². The van der Waals surface area contributed by atoms with E-state index >= 15 is 0 Å². The van der Waals surface area contributed by atoms with Gasteiger partial charge in [0.15, 0.2) is 23.9 Å². The van der Waals surface area contributed by atoms with Gasteiger partial charge >= 0.3 is 5.97 Å². The van der Waals surface area contributed by atoms with E-state index in [2.05, 4.69) is 0 Å². The normalized spacial score (nSPS) is 11.7. The van der Waals surface area contributed by atoms with Crippen molar-refractivity contribution in [3.63, 3.8) is 0 Å². The lowest BCUT2D eigenvalue weighted by molar-refractivity contribution is -0.139. The Hall–Kier alpha value is -2.80. The lowest BCUT2D eigenvalue weighted by Crippen LogP contribution is -2.09. The molecule has 2 aromatic rings. The number of aliphatic hydroxyl groups excluding tert-OH is 1. The van der Waals surface area contributed by atoms with Crippen molar-refractivity contribution >= 4 is 5.97 Å². The molecule has 0 aliphatic rings. The molecule has 0 bridgehead atoms. The maximum atomic E-state index is 14.5. The van der Waals surface area contributed by atoms with Gasteiger partial charge in [0.25, 0.3) is 0 Å². The van der Waals surface area contributed by atoms with E-state index in [1.807, 2.05) is 0 Å². The maximum Gasteiger partial charge on any atom is 0.341 e. The first kappa shape index (κ1) is 19.5. The summed E-state index contributed by atoms with van der Waals surface area (Å²) in [5.41, 5.74) is 0.966. The number of benzene rings is 2. The number of carbonyl (C=O) groups is 1. The molecule has 0 radical (unpaired) electrons. The molecule has 0 aromatic heterocycles. The SMILES string of the molecule is COc1ccc(CCC(O)c2cccc(OCC(=O)O)c2)c(F)c1OC. The molecular formula is C19H21FO6. The second-order valence-corrected chi connectivity index (χ2v) is 5.58. The van der Waals surface area contributed by atoms with Crippen LogP contribution in [0.2, 0.25) is 0 Å². The number of aliphatic hydroxyl groups is 1. The van der Waals surface area contributed by atoms with Crippen LogP contribution in [0.1, 0.15) is 23.7 Å². The number of hydrogen-bond acceptors (Lipinski definition) is 5. The minimum Gasteiger partial charge on any atom is -0.493 e. The van der Waals surface area contributed by atoms with Gasteiger partial charge in [0.2, 0.25) is 0 Å². The standard InChI is InChI=1S/C19H21FO6/c1-24-16-9-7-12(18(20)19(16)25-2)6-8-15(21)13-4-3-5-14(10-13)26-11-17(22)23/h3-5,7,9-10,15,21H,6,8,11H2,1-2H3,(H,22,23). The number of methoxy groups -OCH3 is 2. The Labute approximate surface area is 150 Å². The zero-order valence-corrected chi connectivity index (χ0v) is 14.6. The van der Waals surface area contributed by atoms with E-state index in [1.54, 1.807) is 36.4 Å². The fraction of sp³-hybridized carbons (Fsp3) is 0.316. The van der Waals surface area contributed by atoms with Gasteiger partial charge in [0.05, 0.1) is 20.3 Å². The lowest BCUT2D eigenvalue weighted by atomic mass is 10.0. The predicted molar refractivity (Wildman–Crippen MR) is 92.4 cm³/mol. The molecule has 0 saturated heterocycles. The Morgan fingerprint density at radius 1 is 1.19 bits per heavy atom. The van der Waals surface area contributed by atoms with Crippen LogP contribution in [0.4, 0.5) is 4.39 Å². The van der Waals surface area contributed by atoms with Crippen molar-refractivity contribution in [3.05, 3.63) is 53.3 Å². The first-order valence-corrected chi connectivity index (χ1v) is 7.98. The van der Waals surface area contributed by atoms with Crippen molar-refractivity contribution in [3.8, 4) is 17.2 Å². The van der Waals surface area contributed by atoms with Crippen LogP contribution in [0, 0.1) is 5.82 Å². The summed E-state index contributed by atoms with van der Waals surface area (Å²) in [6, 6.07) is 9.74. The first-order chi connectivity index (χ1) is 12.5. The molecule has 2 rings (SSSR count). The van der Waals surface area contributed by atoms with Crippen LogP contribution in [-0.2, 0) is 11.2 Å². The number of carboxylic acids is 1. The molecule has 0 saturated carbocycles. The number of aryl methyl sites for hydroxylation is 1. The number of hydrogen-bond donors (Lipinski definition) is 2. The summed E-state index contributed by atoms with van der Waals surface area (Å²) in [6.45, 7) is -0.462. The van der Waals surface area contributed by atoms with E-state index in [-0.39, 0.29) is 18.6 Å². The minimum absolute atomic E-state index is 0.0311. The number of aliphatic carboxylic acids is 1. The van der Waals surface area contributed by atoms with Gasteiger partial charge in [-0.2, -0.15) is 0 Å². The molecule has 1 unspecified atom stereocenters. The van der Waals surface area contributed by atoms with Gasteiger partial charge in [-0.25, -0.2) is 9.18 Å². The Bertz CT molecular complexity index is 762. The quantitative estimate of drug-likeness (QED) is 0.712. The molecule has 6 nitrogen and oxygen atoms in total. The summed E-state index contributed by atoms with van der Waals surface area (Å²) in [7, 11) is 2.79. The zero-order chi connectivity index (χ0) is 19.1. The summed E-state index contributed by atoms with van der Waals surface area (Å²) < 4.78 is 29.6. The van der Waals surface area contributed by atoms with E-state index < -0.39 is 24.5 Å². The smallest absolute Gasteiger partial charge is 0.341 e. The molecule has 0 aliphatic heterocycles. The van der Waals surface area contributed by atoms with Gasteiger partial charge < -0.3 is 24.4 Å². The minimum atomic E-state index is -1.08. The van der Waals surface area contributed by atoms with E-state index in [1.165, 1.54) is 14.2 Å². The van der Waals surface area contributed by atoms with Crippen LogP contribution in [0.15, 0.2) is 36.4 Å². The molecule has 7 heteroatoms. The summed E-state index contributed by atoms with van der Waals surface area (Å²) in [4.78, 5) is 10.6. The lowest BCUT2D eigenvalue weighted by Gasteiger charge is -2.15. The summed E-state index contributed by atoms with van der Waals surface area (Å²) in [6.07, 6.45) is -0.293. The highest BCUT2D eigenvalue weighted by Gasteiger charge is 2.16. The van der Waals surface area contributed by atoms with Gasteiger partial charge in [-0.3, -0.25) is 0 Å². The molecule has 0 amide bonds. The number of ether oxygens (including phenoxy) is 3. The highest BCUT2D eigenvalue weighted by atomic mass is 19.1. The highest BCUT2D eigenvalue weighted by Crippen LogP contribution is 2.33. The fourth-order valence-electron chi connectivity index (χ4n) is 2.54. The predicted octanol–water partition coefficient (Wildman–Crippen LogP) is 2.97. The second kappa shape index (κ2) is 9.05. The van der Waals surface area contributed by atoms with Gasteiger partial charge in [-0.1, -0.05) is 18.2 Å². The molecular weight excluding hydrogens is 343 g/mol. The fourth-order valence-corrected chi connectivity index (χ4v) is 2.54. The Kier molecular flexibility index (Phi) is 6.80. The molecule has 0 aliphatic carbocycles. The van der Waals surface area contributed by atoms with Crippen LogP contribution >= 0.6 is 0 Å². The average Bonchev–Trinajstić information content (AvgIpc) is 2.65. The summed E-state index contributed by atoms with van der Waals surface area (Å²) in [5.74, 6) is -0.917. The van der Waals surface area contributed by atoms with Crippen LogP contribution < -0.4 is 14.2 Å². The Morgan fingerprint density at radius 3 is 2.62 bits per heavy atom. The monoisotopic (exact) mass is 364 g/mol. The summed E-state index contributed by atoms with van der Waals surface area (Å²) in [5, 5.41) is 19.0. The third-order valence-corrected chi connectivity index (χ3v) is 3.86. The topological polar surface area (TPSA) is 85.2 Å². The third kappa shape index (κ3) is 4.86. The van der Waals surface area contributed by atoms with Crippen molar-refractivity contribution in [1.29, 1.82) is 0 Å². The Morgan fingerprint density at radius 2 is 1.96 bits per heavy atom.